The first-order valence-corrected chi connectivity index (χ1v) is 11.3. The van der Waals surface area contributed by atoms with Gasteiger partial charge in [-0.15, -0.1) is 0 Å². The van der Waals surface area contributed by atoms with Gasteiger partial charge in [-0.3, -0.25) is 0 Å². The molecule has 2 N–H and O–H groups in total. The second-order valence-corrected chi connectivity index (χ2v) is 9.38. The van der Waals surface area contributed by atoms with E-state index in [-0.39, 0.29) is 31.2 Å². The number of nitrogens with zero attached hydrogens (tertiary/aromatic N) is 3. The maximum absolute atomic E-state index is 13.6. The number of aryl methyl sites for hydroxylation is 1. The number of aromatic nitrogens is 3. The van der Waals surface area contributed by atoms with Crippen LogP contribution >= 0.6 is 23.2 Å². The molecule has 0 fully saturated rings. The quantitative estimate of drug-likeness (QED) is 0.458. The smallest absolute Gasteiger partial charge is 0.213 e. The van der Waals surface area contributed by atoms with E-state index in [0.717, 1.165) is 12.8 Å². The van der Waals surface area contributed by atoms with Crippen molar-refractivity contribution < 1.29 is 8.42 Å². The molecule has 0 amide bonds. The lowest BCUT2D eigenvalue weighted by Crippen LogP contribution is -2.09. The molecule has 2 heterocycles. The van der Waals surface area contributed by atoms with Crippen molar-refractivity contribution in [1.82, 2.24) is 14.5 Å². The average Bonchev–Trinajstić information content (AvgIpc) is 2.97. The number of anilines is 1. The lowest BCUT2D eigenvalue weighted by atomic mass is 10.3. The van der Waals surface area contributed by atoms with Crippen LogP contribution in [0.4, 0.5) is 5.82 Å². The van der Waals surface area contributed by atoms with Crippen molar-refractivity contribution >= 4 is 61.1 Å². The Morgan fingerprint density at radius 2 is 1.76 bits per heavy atom. The van der Waals surface area contributed by atoms with Crippen LogP contribution in [0.3, 0.4) is 0 Å². The summed E-state index contributed by atoms with van der Waals surface area (Å²) in [5.41, 5.74) is 8.28. The molecule has 4 rings (SSSR count). The number of hydrogen-bond acceptors (Lipinski definition) is 5. The Balaban J connectivity index is 2.09. The molecule has 0 spiro atoms. The molecule has 0 aliphatic carbocycles. The number of para-hydroxylation sites is 2. The molecule has 0 saturated heterocycles. The van der Waals surface area contributed by atoms with Gasteiger partial charge in [-0.1, -0.05) is 48.7 Å². The van der Waals surface area contributed by atoms with E-state index in [1.54, 1.807) is 10.6 Å². The fourth-order valence-corrected chi connectivity index (χ4v) is 5.55. The van der Waals surface area contributed by atoms with Gasteiger partial charge < -0.3 is 10.3 Å². The lowest BCUT2D eigenvalue weighted by Gasteiger charge is -2.08. The molecule has 0 atom stereocenters. The van der Waals surface area contributed by atoms with E-state index in [4.69, 9.17) is 28.9 Å². The standard InChI is InChI=1S/C20H18Cl2N4O2S/c1-2-3-10-26-19(23)18(29(27,28)16-11-12(21)8-9-13(16)22)17-20(26)25-15-7-5-4-6-14(15)24-17/h4-9,11H,2-3,10,23H2,1H3. The van der Waals surface area contributed by atoms with Gasteiger partial charge in [-0.2, -0.15) is 0 Å². The zero-order valence-electron chi connectivity index (χ0n) is 15.6. The van der Waals surface area contributed by atoms with Gasteiger partial charge in [0.1, 0.15) is 16.2 Å². The summed E-state index contributed by atoms with van der Waals surface area (Å²) in [4.78, 5) is 9.05. The summed E-state index contributed by atoms with van der Waals surface area (Å²) in [5.74, 6) is 0.0970. The third-order valence-electron chi connectivity index (χ3n) is 4.73. The predicted molar refractivity (Wildman–Crippen MR) is 116 cm³/mol. The first-order valence-electron chi connectivity index (χ1n) is 9.09. The Labute approximate surface area is 178 Å². The number of rotatable bonds is 5. The van der Waals surface area contributed by atoms with E-state index in [1.165, 1.54) is 18.2 Å². The Morgan fingerprint density at radius 1 is 1.07 bits per heavy atom. The highest BCUT2D eigenvalue weighted by molar-refractivity contribution is 7.92. The van der Waals surface area contributed by atoms with E-state index in [0.29, 0.717) is 23.2 Å². The average molecular weight is 449 g/mol. The van der Waals surface area contributed by atoms with Gasteiger partial charge in [0.25, 0.3) is 0 Å². The fraction of sp³-hybridized carbons (Fsp3) is 0.200. The topological polar surface area (TPSA) is 90.9 Å². The molecule has 0 unspecified atom stereocenters. The van der Waals surface area contributed by atoms with Gasteiger partial charge in [0.05, 0.1) is 21.0 Å². The van der Waals surface area contributed by atoms with Gasteiger partial charge in [-0.05, 0) is 36.8 Å². The molecule has 4 aromatic rings. The van der Waals surface area contributed by atoms with Crippen LogP contribution in [0.2, 0.25) is 10.0 Å². The summed E-state index contributed by atoms with van der Waals surface area (Å²) in [7, 11) is -4.09. The number of fused-ring (bicyclic) bond motifs is 2. The van der Waals surface area contributed by atoms with Crippen LogP contribution in [0, 0.1) is 0 Å². The minimum absolute atomic E-state index is 0.0667. The van der Waals surface area contributed by atoms with E-state index >= 15 is 0 Å². The maximum atomic E-state index is 13.6. The van der Waals surface area contributed by atoms with Crippen molar-refractivity contribution in [3.63, 3.8) is 0 Å². The number of benzene rings is 2. The van der Waals surface area contributed by atoms with Crippen molar-refractivity contribution in [3.8, 4) is 0 Å². The van der Waals surface area contributed by atoms with Crippen LogP contribution in [0.15, 0.2) is 52.3 Å². The summed E-state index contributed by atoms with van der Waals surface area (Å²) >= 11 is 12.2. The van der Waals surface area contributed by atoms with Crippen molar-refractivity contribution in [2.24, 2.45) is 0 Å². The van der Waals surface area contributed by atoms with Gasteiger partial charge in [0.2, 0.25) is 9.84 Å². The van der Waals surface area contributed by atoms with Gasteiger partial charge >= 0.3 is 0 Å². The third-order valence-corrected chi connectivity index (χ3v) is 7.27. The highest BCUT2D eigenvalue weighted by Gasteiger charge is 2.31. The predicted octanol–water partition coefficient (Wildman–Crippen LogP) is 5.11. The second kappa shape index (κ2) is 7.48. The summed E-state index contributed by atoms with van der Waals surface area (Å²) in [6.45, 7) is 2.58. The highest BCUT2D eigenvalue weighted by Crippen LogP contribution is 2.38. The number of nitrogen functional groups attached to an aromatic ring is 1. The van der Waals surface area contributed by atoms with Gasteiger partial charge in [-0.25, -0.2) is 18.4 Å². The first-order chi connectivity index (χ1) is 13.8. The molecule has 9 heteroatoms. The molecule has 29 heavy (non-hydrogen) atoms. The van der Waals surface area contributed by atoms with Crippen LogP contribution in [0.5, 0.6) is 0 Å². The van der Waals surface area contributed by atoms with Gasteiger partial charge in [0.15, 0.2) is 5.65 Å². The summed E-state index contributed by atoms with van der Waals surface area (Å²) < 4.78 is 28.8. The Kier molecular flexibility index (Phi) is 5.14. The zero-order valence-corrected chi connectivity index (χ0v) is 17.9. The molecule has 2 aromatic carbocycles. The largest absolute Gasteiger partial charge is 0.384 e. The number of halogens is 2. The first kappa shape index (κ1) is 19.9. The van der Waals surface area contributed by atoms with E-state index in [2.05, 4.69) is 9.97 Å². The normalized spacial score (nSPS) is 12.1. The number of hydrogen-bond donors (Lipinski definition) is 1. The number of unbranched alkanes of at least 4 members (excludes halogenated alkanes) is 1. The highest BCUT2D eigenvalue weighted by atomic mass is 35.5. The molecular weight excluding hydrogens is 431 g/mol. The molecule has 0 saturated carbocycles. The molecular formula is C20H18Cl2N4O2S. The van der Waals surface area contributed by atoms with Crippen LogP contribution in [0.1, 0.15) is 19.8 Å². The van der Waals surface area contributed by atoms with Crippen LogP contribution in [-0.4, -0.2) is 23.0 Å². The molecule has 6 nitrogen and oxygen atoms in total. The van der Waals surface area contributed by atoms with Crippen molar-refractivity contribution in [2.45, 2.75) is 36.1 Å². The lowest BCUT2D eigenvalue weighted by molar-refractivity contribution is 0.596. The van der Waals surface area contributed by atoms with Gasteiger partial charge in [0, 0.05) is 11.6 Å². The SMILES string of the molecule is CCCCn1c(N)c(S(=O)(=O)c2cc(Cl)ccc2Cl)c2nc3ccccc3nc21. The maximum Gasteiger partial charge on any atom is 0.213 e. The Hall–Kier alpha value is -2.35. The summed E-state index contributed by atoms with van der Waals surface area (Å²) in [5, 5.41) is 0.329. The summed E-state index contributed by atoms with van der Waals surface area (Å²) in [6, 6.07) is 11.6. The minimum Gasteiger partial charge on any atom is -0.384 e. The fourth-order valence-electron chi connectivity index (χ4n) is 3.29. The van der Waals surface area contributed by atoms with Crippen molar-refractivity contribution in [1.29, 1.82) is 0 Å². The molecule has 150 valence electrons. The molecule has 0 aliphatic heterocycles. The zero-order chi connectivity index (χ0) is 20.8. The van der Waals surface area contributed by atoms with E-state index < -0.39 is 9.84 Å². The monoisotopic (exact) mass is 448 g/mol. The summed E-state index contributed by atoms with van der Waals surface area (Å²) in [6.07, 6.45) is 1.74. The molecule has 2 aromatic heterocycles. The van der Waals surface area contributed by atoms with Crippen LogP contribution < -0.4 is 5.73 Å². The molecule has 0 aliphatic rings. The van der Waals surface area contributed by atoms with Crippen molar-refractivity contribution in [3.05, 3.63) is 52.5 Å². The third kappa shape index (κ3) is 3.33. The van der Waals surface area contributed by atoms with E-state index in [1.807, 2.05) is 25.1 Å². The second-order valence-electron chi connectivity index (χ2n) is 6.68. The van der Waals surface area contributed by atoms with Crippen LogP contribution in [-0.2, 0) is 16.4 Å². The molecule has 0 bridgehead atoms. The minimum atomic E-state index is -4.09. The van der Waals surface area contributed by atoms with E-state index in [9.17, 15) is 8.42 Å². The van der Waals surface area contributed by atoms with Crippen LogP contribution in [0.25, 0.3) is 22.2 Å². The Morgan fingerprint density at radius 3 is 2.45 bits per heavy atom. The number of nitrogens with two attached hydrogens (primary N) is 1. The molecule has 0 radical (unpaired) electrons. The van der Waals surface area contributed by atoms with Crippen molar-refractivity contribution in [2.75, 3.05) is 5.73 Å². The number of sulfone groups is 1. The Bertz CT molecular complexity index is 1350.